The van der Waals surface area contributed by atoms with Crippen molar-refractivity contribution >= 4 is 22.6 Å². The topological polar surface area (TPSA) is 45.5 Å². The van der Waals surface area contributed by atoms with Crippen molar-refractivity contribution in [2.75, 3.05) is 0 Å². The van der Waals surface area contributed by atoms with Gasteiger partial charge in [-0.2, -0.15) is 0 Å². The molecule has 1 aromatic carbocycles. The summed E-state index contributed by atoms with van der Waals surface area (Å²) in [5.74, 6) is 0. The minimum atomic E-state index is 0.651. The van der Waals surface area contributed by atoms with Crippen LogP contribution >= 0.6 is 0 Å². The van der Waals surface area contributed by atoms with Crippen molar-refractivity contribution in [1.29, 1.82) is 0 Å². The van der Waals surface area contributed by atoms with Gasteiger partial charge in [0.1, 0.15) is 0 Å². The fourth-order valence-electron chi connectivity index (χ4n) is 1.68. The second-order valence-electron chi connectivity index (χ2n) is 3.73. The quantitative estimate of drug-likeness (QED) is 0.494. The van der Waals surface area contributed by atoms with Gasteiger partial charge in [0, 0.05) is 23.3 Å². The lowest BCUT2D eigenvalue weighted by molar-refractivity contribution is 0.318. The van der Waals surface area contributed by atoms with Gasteiger partial charge in [0.2, 0.25) is 0 Å². The van der Waals surface area contributed by atoms with Crippen molar-refractivity contribution in [2.24, 2.45) is 5.16 Å². The van der Waals surface area contributed by atoms with Crippen LogP contribution in [0.3, 0.4) is 0 Å². The van der Waals surface area contributed by atoms with Gasteiger partial charge >= 0.3 is 0 Å². The molecule has 0 fully saturated rings. The number of benzene rings is 1. The predicted molar refractivity (Wildman–Crippen MR) is 70.3 cm³/mol. The molecule has 17 heavy (non-hydrogen) atoms. The predicted octanol–water partition coefficient (Wildman–Crippen LogP) is 3.49. The fourth-order valence-corrected chi connectivity index (χ4v) is 1.68. The maximum absolute atomic E-state index is 8.74. The molecule has 0 unspecified atom stereocenters. The molecular weight excluding hydrogens is 212 g/mol. The number of oxime groups is 1. The highest BCUT2D eigenvalue weighted by molar-refractivity contribution is 6.00. The fraction of sp³-hybridized carbons (Fsp3) is 0.143. The van der Waals surface area contributed by atoms with Crippen LogP contribution in [0.2, 0.25) is 0 Å². The van der Waals surface area contributed by atoms with Crippen molar-refractivity contribution in [3.05, 3.63) is 48.3 Å². The molecule has 0 bridgehead atoms. The van der Waals surface area contributed by atoms with E-state index in [9.17, 15) is 0 Å². The molecule has 1 N–H and O–H groups in total. The first kappa shape index (κ1) is 11.3. The molecule has 0 aliphatic carbocycles. The minimum Gasteiger partial charge on any atom is -0.411 e. The second-order valence-corrected chi connectivity index (χ2v) is 3.73. The zero-order valence-corrected chi connectivity index (χ0v) is 9.67. The summed E-state index contributed by atoms with van der Waals surface area (Å²) in [5.41, 5.74) is 1.68. The zero-order chi connectivity index (χ0) is 12.1. The molecule has 0 aliphatic rings. The summed E-state index contributed by atoms with van der Waals surface area (Å²) in [6.45, 7) is 1.95. The molecule has 86 valence electrons. The Labute approximate surface area is 100 Å². The van der Waals surface area contributed by atoms with Gasteiger partial charge in [0.05, 0.1) is 5.71 Å². The summed E-state index contributed by atoms with van der Waals surface area (Å²) in [6, 6.07) is 8.07. The van der Waals surface area contributed by atoms with E-state index in [1.807, 2.05) is 49.7 Å². The smallest absolute Gasteiger partial charge is 0.0793 e. The van der Waals surface area contributed by atoms with Crippen molar-refractivity contribution in [2.45, 2.75) is 13.3 Å². The first-order chi connectivity index (χ1) is 8.35. The van der Waals surface area contributed by atoms with E-state index < -0.39 is 0 Å². The number of pyridine rings is 1. The van der Waals surface area contributed by atoms with E-state index in [-0.39, 0.29) is 0 Å². The molecule has 1 aromatic heterocycles. The maximum Gasteiger partial charge on any atom is 0.0793 e. The number of hydrogen-bond acceptors (Lipinski definition) is 3. The highest BCUT2D eigenvalue weighted by Crippen LogP contribution is 2.18. The molecule has 0 atom stereocenters. The summed E-state index contributed by atoms with van der Waals surface area (Å²) in [4.78, 5) is 4.19. The van der Waals surface area contributed by atoms with Crippen LogP contribution in [0.15, 0.2) is 47.9 Å². The molecule has 0 radical (unpaired) electrons. The molecule has 3 heteroatoms. The third-order valence-electron chi connectivity index (χ3n) is 2.64. The summed E-state index contributed by atoms with van der Waals surface area (Å²) in [7, 11) is 0. The summed E-state index contributed by atoms with van der Waals surface area (Å²) < 4.78 is 0. The van der Waals surface area contributed by atoms with Crippen LogP contribution in [0.5, 0.6) is 0 Å². The lowest BCUT2D eigenvalue weighted by Crippen LogP contribution is -1.89. The van der Waals surface area contributed by atoms with E-state index in [0.29, 0.717) is 12.1 Å². The summed E-state index contributed by atoms with van der Waals surface area (Å²) >= 11 is 0. The van der Waals surface area contributed by atoms with E-state index in [1.165, 1.54) is 0 Å². The number of nitrogens with zero attached hydrogens (tertiary/aromatic N) is 2. The first-order valence-electron chi connectivity index (χ1n) is 5.57. The highest BCUT2D eigenvalue weighted by Gasteiger charge is 1.97. The van der Waals surface area contributed by atoms with Crippen LogP contribution in [0, 0.1) is 0 Å². The van der Waals surface area contributed by atoms with Gasteiger partial charge in [0.25, 0.3) is 0 Å². The van der Waals surface area contributed by atoms with E-state index in [0.717, 1.165) is 16.3 Å². The molecule has 1 heterocycles. The second kappa shape index (κ2) is 5.25. The number of allylic oxidation sites excluding steroid dienone is 1. The van der Waals surface area contributed by atoms with E-state index in [2.05, 4.69) is 16.2 Å². The molecule has 2 aromatic rings. The molecule has 2 rings (SSSR count). The normalized spacial score (nSPS) is 12.4. The van der Waals surface area contributed by atoms with Crippen molar-refractivity contribution in [1.82, 2.24) is 4.98 Å². The average Bonchev–Trinajstić information content (AvgIpc) is 2.40. The zero-order valence-electron chi connectivity index (χ0n) is 9.67. The first-order valence-corrected chi connectivity index (χ1v) is 5.57. The lowest BCUT2D eigenvalue weighted by atomic mass is 10.1. The van der Waals surface area contributed by atoms with Gasteiger partial charge in [-0.25, -0.2) is 0 Å². The third-order valence-corrected chi connectivity index (χ3v) is 2.64. The van der Waals surface area contributed by atoms with E-state index >= 15 is 0 Å². The molecule has 0 amide bonds. The average molecular weight is 226 g/mol. The number of rotatable bonds is 3. The maximum atomic E-state index is 8.74. The van der Waals surface area contributed by atoms with Crippen molar-refractivity contribution < 1.29 is 5.21 Å². The standard InChI is InChI=1S/C14H14N2O/c1-2-13(16-17)8-7-12-10-15-9-11-5-3-4-6-14(11)12/h3-10,17H,2H2,1H3/b8-7+,16-13+. The van der Waals surface area contributed by atoms with Crippen molar-refractivity contribution in [3.8, 4) is 0 Å². The van der Waals surface area contributed by atoms with E-state index in [1.54, 1.807) is 0 Å². The SMILES string of the molecule is CCC(/C=C/c1cncc2ccccc12)=N\O. The largest absolute Gasteiger partial charge is 0.411 e. The van der Waals surface area contributed by atoms with Crippen LogP contribution < -0.4 is 0 Å². The van der Waals surface area contributed by atoms with Gasteiger partial charge in [-0.3, -0.25) is 4.98 Å². The Morgan fingerprint density at radius 3 is 2.94 bits per heavy atom. The Bertz CT molecular complexity index is 568. The Morgan fingerprint density at radius 2 is 2.18 bits per heavy atom. The Hall–Kier alpha value is -2.16. The summed E-state index contributed by atoms with van der Waals surface area (Å²) in [5, 5.41) is 14.2. The molecule has 0 aliphatic heterocycles. The number of hydrogen-bond donors (Lipinski definition) is 1. The van der Waals surface area contributed by atoms with Crippen LogP contribution in [0.1, 0.15) is 18.9 Å². The molecule has 0 saturated heterocycles. The Morgan fingerprint density at radius 1 is 1.35 bits per heavy atom. The van der Waals surface area contributed by atoms with Gasteiger partial charge in [-0.05, 0) is 17.9 Å². The molecular formula is C14H14N2O. The Kier molecular flexibility index (Phi) is 3.50. The van der Waals surface area contributed by atoms with Gasteiger partial charge < -0.3 is 5.21 Å². The number of fused-ring (bicyclic) bond motifs is 1. The third kappa shape index (κ3) is 2.50. The minimum absolute atomic E-state index is 0.651. The molecule has 0 saturated carbocycles. The summed E-state index contributed by atoms with van der Waals surface area (Å²) in [6.07, 6.45) is 8.08. The van der Waals surface area contributed by atoms with Crippen molar-refractivity contribution in [3.63, 3.8) is 0 Å². The van der Waals surface area contributed by atoms with Crippen LogP contribution in [0.25, 0.3) is 16.8 Å². The van der Waals surface area contributed by atoms with Crippen LogP contribution in [-0.2, 0) is 0 Å². The monoisotopic (exact) mass is 226 g/mol. The highest BCUT2D eigenvalue weighted by atomic mass is 16.4. The van der Waals surface area contributed by atoms with Crippen LogP contribution in [0.4, 0.5) is 0 Å². The lowest BCUT2D eigenvalue weighted by Gasteiger charge is -2.00. The van der Waals surface area contributed by atoms with Gasteiger partial charge in [-0.1, -0.05) is 42.4 Å². The molecule has 3 nitrogen and oxygen atoms in total. The van der Waals surface area contributed by atoms with Crippen LogP contribution in [-0.4, -0.2) is 15.9 Å². The van der Waals surface area contributed by atoms with Gasteiger partial charge in [0.15, 0.2) is 0 Å². The molecule has 0 spiro atoms. The number of aromatic nitrogens is 1. The van der Waals surface area contributed by atoms with Gasteiger partial charge in [-0.15, -0.1) is 0 Å². The Balaban J connectivity index is 2.43. The van der Waals surface area contributed by atoms with E-state index in [4.69, 9.17) is 5.21 Å².